The van der Waals surface area contributed by atoms with Crippen LogP contribution in [0.5, 0.6) is 0 Å². The molecule has 7 heteroatoms. The summed E-state index contributed by atoms with van der Waals surface area (Å²) >= 11 is 1.18. The van der Waals surface area contributed by atoms with Gasteiger partial charge in [0.15, 0.2) is 5.13 Å². The SMILES string of the molecule is COC(=O)Cc1csc(NCC(F)F)n1. The molecule has 0 fully saturated rings. The lowest BCUT2D eigenvalue weighted by Crippen LogP contribution is -2.10. The first-order chi connectivity index (χ1) is 7.11. The highest BCUT2D eigenvalue weighted by Gasteiger charge is 2.08. The van der Waals surface area contributed by atoms with Crippen molar-refractivity contribution in [2.45, 2.75) is 12.8 Å². The van der Waals surface area contributed by atoms with Crippen LogP contribution in [-0.2, 0) is 16.0 Å². The van der Waals surface area contributed by atoms with E-state index in [2.05, 4.69) is 15.0 Å². The Balaban J connectivity index is 2.45. The molecule has 0 spiro atoms. The number of thiazole rings is 1. The van der Waals surface area contributed by atoms with Gasteiger partial charge >= 0.3 is 5.97 Å². The Labute approximate surface area is 89.3 Å². The van der Waals surface area contributed by atoms with E-state index in [0.29, 0.717) is 10.8 Å². The van der Waals surface area contributed by atoms with E-state index in [4.69, 9.17) is 0 Å². The summed E-state index contributed by atoms with van der Waals surface area (Å²) in [6, 6.07) is 0. The number of alkyl halides is 2. The first-order valence-corrected chi connectivity index (χ1v) is 5.03. The van der Waals surface area contributed by atoms with Crippen molar-refractivity contribution in [2.75, 3.05) is 19.0 Å². The zero-order chi connectivity index (χ0) is 11.3. The minimum Gasteiger partial charge on any atom is -0.469 e. The van der Waals surface area contributed by atoms with Crippen LogP contribution in [0.3, 0.4) is 0 Å². The number of nitrogens with zero attached hydrogens (tertiary/aromatic N) is 1. The van der Waals surface area contributed by atoms with Crippen LogP contribution in [0.2, 0.25) is 0 Å². The van der Waals surface area contributed by atoms with Gasteiger partial charge in [-0.1, -0.05) is 0 Å². The highest BCUT2D eigenvalue weighted by Crippen LogP contribution is 2.16. The van der Waals surface area contributed by atoms with Gasteiger partial charge in [0.05, 0.1) is 25.8 Å². The Morgan fingerprint density at radius 3 is 3.07 bits per heavy atom. The largest absolute Gasteiger partial charge is 0.469 e. The summed E-state index contributed by atoms with van der Waals surface area (Å²) in [6.07, 6.45) is -2.36. The molecule has 1 rings (SSSR count). The fourth-order valence-corrected chi connectivity index (χ4v) is 1.57. The summed E-state index contributed by atoms with van der Waals surface area (Å²) < 4.78 is 28.1. The number of ether oxygens (including phenoxy) is 1. The third kappa shape index (κ3) is 4.20. The first-order valence-electron chi connectivity index (χ1n) is 4.15. The van der Waals surface area contributed by atoms with Gasteiger partial charge < -0.3 is 10.1 Å². The number of carbonyl (C=O) groups excluding carboxylic acids is 1. The number of methoxy groups -OCH3 is 1. The topological polar surface area (TPSA) is 51.2 Å². The van der Waals surface area contributed by atoms with Gasteiger partial charge in [-0.3, -0.25) is 4.79 Å². The predicted octanol–water partition coefficient (Wildman–Crippen LogP) is 1.54. The third-order valence-electron chi connectivity index (χ3n) is 1.51. The molecule has 0 aliphatic heterocycles. The summed E-state index contributed by atoms with van der Waals surface area (Å²) in [5.41, 5.74) is 0.517. The van der Waals surface area contributed by atoms with E-state index in [1.165, 1.54) is 18.4 Å². The van der Waals surface area contributed by atoms with Crippen LogP contribution in [0.25, 0.3) is 0 Å². The molecule has 0 aromatic carbocycles. The number of hydrogen-bond acceptors (Lipinski definition) is 5. The van der Waals surface area contributed by atoms with Crippen LogP contribution in [0.15, 0.2) is 5.38 Å². The second-order valence-corrected chi connectivity index (χ2v) is 3.53. The summed E-state index contributed by atoms with van der Waals surface area (Å²) in [6.45, 7) is -0.439. The van der Waals surface area contributed by atoms with Crippen LogP contribution in [0.1, 0.15) is 5.69 Å². The molecule has 0 amide bonds. The first kappa shape index (κ1) is 11.8. The molecule has 1 aromatic rings. The fourth-order valence-electron chi connectivity index (χ4n) is 0.854. The van der Waals surface area contributed by atoms with Crippen molar-refractivity contribution in [2.24, 2.45) is 0 Å². The molecular formula is C8H10F2N2O2S. The molecule has 0 saturated heterocycles. The second-order valence-electron chi connectivity index (χ2n) is 2.67. The highest BCUT2D eigenvalue weighted by molar-refractivity contribution is 7.13. The van der Waals surface area contributed by atoms with Crippen LogP contribution in [0, 0.1) is 0 Å². The Hall–Kier alpha value is -1.24. The Kier molecular flexibility index (Phi) is 4.41. The molecule has 15 heavy (non-hydrogen) atoms. The van der Waals surface area contributed by atoms with Gasteiger partial charge in [0.2, 0.25) is 0 Å². The number of anilines is 1. The van der Waals surface area contributed by atoms with Gasteiger partial charge in [-0.2, -0.15) is 0 Å². The lowest BCUT2D eigenvalue weighted by Gasteiger charge is -1.99. The molecule has 0 aliphatic carbocycles. The molecule has 0 bridgehead atoms. The molecule has 1 aromatic heterocycles. The molecule has 0 aliphatic rings. The van der Waals surface area contributed by atoms with E-state index in [-0.39, 0.29) is 6.42 Å². The number of aromatic nitrogens is 1. The summed E-state index contributed by atoms with van der Waals surface area (Å²) in [5.74, 6) is -0.402. The number of hydrogen-bond donors (Lipinski definition) is 1. The average molecular weight is 236 g/mol. The van der Waals surface area contributed by atoms with Gasteiger partial charge in [0.1, 0.15) is 0 Å². The highest BCUT2D eigenvalue weighted by atomic mass is 32.1. The summed E-state index contributed by atoms with van der Waals surface area (Å²) in [5, 5.41) is 4.47. The zero-order valence-electron chi connectivity index (χ0n) is 8.00. The number of nitrogens with one attached hydrogen (secondary N) is 1. The smallest absolute Gasteiger partial charge is 0.311 e. The van der Waals surface area contributed by atoms with Crippen molar-refractivity contribution in [3.8, 4) is 0 Å². The number of carbonyl (C=O) groups is 1. The van der Waals surface area contributed by atoms with E-state index in [1.807, 2.05) is 0 Å². The lowest BCUT2D eigenvalue weighted by atomic mass is 10.3. The van der Waals surface area contributed by atoms with Crippen molar-refractivity contribution in [1.29, 1.82) is 0 Å². The van der Waals surface area contributed by atoms with Gasteiger partial charge in [-0.05, 0) is 0 Å². The maximum Gasteiger partial charge on any atom is 0.311 e. The number of rotatable bonds is 5. The van der Waals surface area contributed by atoms with Crippen molar-refractivity contribution < 1.29 is 18.3 Å². The Bertz CT molecular complexity index is 330. The fraction of sp³-hybridized carbons (Fsp3) is 0.500. The lowest BCUT2D eigenvalue weighted by molar-refractivity contribution is -0.139. The summed E-state index contributed by atoms with van der Waals surface area (Å²) in [4.78, 5) is 14.8. The predicted molar refractivity (Wildman–Crippen MR) is 52.3 cm³/mol. The van der Waals surface area contributed by atoms with Crippen LogP contribution < -0.4 is 5.32 Å². The Morgan fingerprint density at radius 2 is 2.47 bits per heavy atom. The van der Waals surface area contributed by atoms with Gasteiger partial charge in [0, 0.05) is 5.38 Å². The summed E-state index contributed by atoms with van der Waals surface area (Å²) in [7, 11) is 1.28. The van der Waals surface area contributed by atoms with Crippen molar-refractivity contribution in [3.63, 3.8) is 0 Å². The van der Waals surface area contributed by atoms with E-state index >= 15 is 0 Å². The van der Waals surface area contributed by atoms with E-state index in [9.17, 15) is 13.6 Å². The zero-order valence-corrected chi connectivity index (χ0v) is 8.81. The van der Waals surface area contributed by atoms with E-state index in [1.54, 1.807) is 5.38 Å². The monoisotopic (exact) mass is 236 g/mol. The van der Waals surface area contributed by atoms with Crippen molar-refractivity contribution in [1.82, 2.24) is 4.98 Å². The normalized spacial score (nSPS) is 10.4. The minimum atomic E-state index is -2.42. The molecule has 1 N–H and O–H groups in total. The molecule has 4 nitrogen and oxygen atoms in total. The van der Waals surface area contributed by atoms with Crippen molar-refractivity contribution in [3.05, 3.63) is 11.1 Å². The molecule has 0 saturated carbocycles. The standard InChI is InChI=1S/C8H10F2N2O2S/c1-14-7(13)2-5-4-15-8(12-5)11-3-6(9)10/h4,6H,2-3H2,1H3,(H,11,12). The number of esters is 1. The molecule has 0 atom stereocenters. The van der Waals surface area contributed by atoms with Crippen LogP contribution in [-0.4, -0.2) is 31.0 Å². The van der Waals surface area contributed by atoms with Crippen molar-refractivity contribution >= 4 is 22.4 Å². The molecule has 0 radical (unpaired) electrons. The van der Waals surface area contributed by atoms with Crippen LogP contribution in [0.4, 0.5) is 13.9 Å². The average Bonchev–Trinajstić information content (AvgIpc) is 2.62. The quantitative estimate of drug-likeness (QED) is 0.788. The molecular weight excluding hydrogens is 226 g/mol. The second kappa shape index (κ2) is 5.59. The third-order valence-corrected chi connectivity index (χ3v) is 2.36. The minimum absolute atomic E-state index is 0.0589. The maximum absolute atomic E-state index is 11.8. The van der Waals surface area contributed by atoms with Gasteiger partial charge in [-0.25, -0.2) is 13.8 Å². The molecule has 84 valence electrons. The molecule has 0 unspecified atom stereocenters. The Morgan fingerprint density at radius 1 is 1.73 bits per heavy atom. The number of halogens is 2. The van der Waals surface area contributed by atoms with Crippen LogP contribution >= 0.6 is 11.3 Å². The van der Waals surface area contributed by atoms with Gasteiger partial charge in [0.25, 0.3) is 6.43 Å². The molecule has 1 heterocycles. The van der Waals surface area contributed by atoms with E-state index < -0.39 is 18.9 Å². The maximum atomic E-state index is 11.8. The van der Waals surface area contributed by atoms with Gasteiger partial charge in [-0.15, -0.1) is 11.3 Å². The van der Waals surface area contributed by atoms with E-state index in [0.717, 1.165) is 0 Å².